The largest absolute Gasteiger partial charge is 0.496 e. The Hall–Kier alpha value is -1.69. The van der Waals surface area contributed by atoms with Gasteiger partial charge in [-0.2, -0.15) is 0 Å². The number of thioether (sulfide) groups is 1. The van der Waals surface area contributed by atoms with Gasteiger partial charge in [-0.15, -0.1) is 11.8 Å². The number of carboxylic acids is 1. The number of rotatable bonds is 8. The third-order valence-corrected chi connectivity index (χ3v) is 6.05. The van der Waals surface area contributed by atoms with Gasteiger partial charge in [0.25, 0.3) is 0 Å². The number of hydrogen-bond donors (Lipinski definition) is 2. The molecule has 1 aliphatic rings. The fourth-order valence-corrected chi connectivity index (χ4v) is 4.10. The summed E-state index contributed by atoms with van der Waals surface area (Å²) < 4.78 is 5.35. The van der Waals surface area contributed by atoms with Crippen LogP contribution in [0.3, 0.4) is 0 Å². The lowest BCUT2D eigenvalue weighted by Crippen LogP contribution is -2.36. The lowest BCUT2D eigenvalue weighted by molar-refractivity contribution is -0.144. The van der Waals surface area contributed by atoms with Gasteiger partial charge in [-0.25, -0.2) is 0 Å². The van der Waals surface area contributed by atoms with Gasteiger partial charge in [-0.1, -0.05) is 19.1 Å². The topological polar surface area (TPSA) is 75.6 Å². The van der Waals surface area contributed by atoms with Crippen molar-refractivity contribution < 1.29 is 19.4 Å². The third kappa shape index (κ3) is 5.96. The van der Waals surface area contributed by atoms with Gasteiger partial charge in [0.2, 0.25) is 5.91 Å². The van der Waals surface area contributed by atoms with E-state index in [4.69, 9.17) is 9.84 Å². The Balaban J connectivity index is 1.70. The summed E-state index contributed by atoms with van der Waals surface area (Å²) in [5.74, 6) is 1.13. The summed E-state index contributed by atoms with van der Waals surface area (Å²) in [4.78, 5) is 24.3. The summed E-state index contributed by atoms with van der Waals surface area (Å²) in [6, 6.07) is 7.92. The summed E-state index contributed by atoms with van der Waals surface area (Å²) in [6.45, 7) is 2.75. The number of ether oxygens (including phenoxy) is 1. The minimum atomic E-state index is -0.735. The molecular formula is C19H27NO4S. The molecule has 1 fully saturated rings. The van der Waals surface area contributed by atoms with Crippen molar-refractivity contribution in [2.24, 2.45) is 17.8 Å². The highest BCUT2D eigenvalue weighted by molar-refractivity contribution is 7.99. The second-order valence-electron chi connectivity index (χ2n) is 6.70. The van der Waals surface area contributed by atoms with Crippen LogP contribution in [0.25, 0.3) is 0 Å². The summed E-state index contributed by atoms with van der Waals surface area (Å²) in [5.41, 5.74) is 0. The normalized spacial score (nSPS) is 21.4. The number of methoxy groups -OCH3 is 1. The van der Waals surface area contributed by atoms with E-state index in [9.17, 15) is 9.59 Å². The molecule has 6 heteroatoms. The molecule has 0 bridgehead atoms. The number of carbonyl (C=O) groups excluding carboxylic acids is 1. The predicted molar refractivity (Wildman–Crippen MR) is 99.0 cm³/mol. The van der Waals surface area contributed by atoms with Crippen LogP contribution in [0.15, 0.2) is 29.2 Å². The molecule has 5 nitrogen and oxygen atoms in total. The molecule has 2 rings (SSSR count). The van der Waals surface area contributed by atoms with Crippen molar-refractivity contribution >= 4 is 23.6 Å². The minimum absolute atomic E-state index is 0.0373. The lowest BCUT2D eigenvalue weighted by Gasteiger charge is -2.25. The standard InChI is InChI=1S/C19H27NO4S/c1-13(12-25-17-6-4-3-5-16(17)24-2)11-20-18(21)14-7-9-15(10-8-14)19(22)23/h3-6,13-15H,7-12H2,1-2H3,(H,20,21)(H,22,23). The maximum Gasteiger partial charge on any atom is 0.306 e. The van der Waals surface area contributed by atoms with Crippen LogP contribution in [0.1, 0.15) is 32.6 Å². The van der Waals surface area contributed by atoms with E-state index in [1.165, 1.54) is 0 Å². The number of carbonyl (C=O) groups is 2. The molecule has 0 heterocycles. The average molecular weight is 365 g/mol. The molecule has 1 aliphatic carbocycles. The molecule has 1 unspecified atom stereocenters. The average Bonchev–Trinajstić information content (AvgIpc) is 2.64. The molecule has 1 atom stereocenters. The second-order valence-corrected chi connectivity index (χ2v) is 7.76. The molecular weight excluding hydrogens is 338 g/mol. The maximum absolute atomic E-state index is 12.3. The van der Waals surface area contributed by atoms with Crippen molar-refractivity contribution in [1.82, 2.24) is 5.32 Å². The molecule has 1 amide bonds. The fourth-order valence-electron chi connectivity index (χ4n) is 3.05. The molecule has 1 saturated carbocycles. The predicted octanol–water partition coefficient (Wildman–Crippen LogP) is 3.43. The summed E-state index contributed by atoms with van der Waals surface area (Å²) in [5, 5.41) is 12.0. The van der Waals surface area contributed by atoms with E-state index in [0.29, 0.717) is 38.1 Å². The van der Waals surface area contributed by atoms with Crippen molar-refractivity contribution in [3.8, 4) is 5.75 Å². The number of nitrogens with one attached hydrogen (secondary N) is 1. The van der Waals surface area contributed by atoms with Crippen LogP contribution in [-0.2, 0) is 9.59 Å². The lowest BCUT2D eigenvalue weighted by atomic mass is 9.81. The number of para-hydroxylation sites is 1. The van der Waals surface area contributed by atoms with E-state index in [-0.39, 0.29) is 17.7 Å². The SMILES string of the molecule is COc1ccccc1SCC(C)CNC(=O)C1CCC(C(=O)O)CC1. The third-order valence-electron chi connectivity index (χ3n) is 4.66. The van der Waals surface area contributed by atoms with Crippen molar-refractivity contribution in [1.29, 1.82) is 0 Å². The van der Waals surface area contributed by atoms with Gasteiger partial charge in [-0.05, 0) is 43.7 Å². The first-order valence-corrected chi connectivity index (χ1v) is 9.76. The smallest absolute Gasteiger partial charge is 0.306 e. The number of carboxylic acid groups (broad SMARTS) is 1. The first-order chi connectivity index (χ1) is 12.0. The monoisotopic (exact) mass is 365 g/mol. The van der Waals surface area contributed by atoms with Gasteiger partial charge in [0.15, 0.2) is 0 Å². The number of aliphatic carboxylic acids is 1. The highest BCUT2D eigenvalue weighted by Crippen LogP contribution is 2.30. The Bertz CT molecular complexity index is 585. The van der Waals surface area contributed by atoms with Crippen LogP contribution in [0.2, 0.25) is 0 Å². The molecule has 25 heavy (non-hydrogen) atoms. The van der Waals surface area contributed by atoms with Gasteiger partial charge in [0.1, 0.15) is 5.75 Å². The molecule has 0 spiro atoms. The van der Waals surface area contributed by atoms with E-state index in [1.54, 1.807) is 18.9 Å². The van der Waals surface area contributed by atoms with Gasteiger partial charge in [0, 0.05) is 23.1 Å². The number of hydrogen-bond acceptors (Lipinski definition) is 4. The van der Waals surface area contributed by atoms with E-state index >= 15 is 0 Å². The Morgan fingerprint density at radius 1 is 1.24 bits per heavy atom. The number of amides is 1. The Morgan fingerprint density at radius 2 is 1.88 bits per heavy atom. The van der Waals surface area contributed by atoms with Gasteiger partial charge >= 0.3 is 5.97 Å². The number of benzene rings is 1. The quantitative estimate of drug-likeness (QED) is 0.690. The van der Waals surface area contributed by atoms with E-state index in [1.807, 2.05) is 24.3 Å². The van der Waals surface area contributed by atoms with Crippen LogP contribution in [0.4, 0.5) is 0 Å². The first-order valence-electron chi connectivity index (χ1n) is 8.77. The first kappa shape index (κ1) is 19.6. The summed E-state index contributed by atoms with van der Waals surface area (Å²) in [6.07, 6.45) is 2.56. The zero-order valence-electron chi connectivity index (χ0n) is 14.9. The van der Waals surface area contributed by atoms with E-state index < -0.39 is 5.97 Å². The zero-order valence-corrected chi connectivity index (χ0v) is 15.7. The van der Waals surface area contributed by atoms with Gasteiger partial charge in [-0.3, -0.25) is 9.59 Å². The molecule has 138 valence electrons. The van der Waals surface area contributed by atoms with Crippen LogP contribution in [0.5, 0.6) is 5.75 Å². The molecule has 1 aromatic rings. The highest BCUT2D eigenvalue weighted by atomic mass is 32.2. The van der Waals surface area contributed by atoms with E-state index in [2.05, 4.69) is 12.2 Å². The van der Waals surface area contributed by atoms with Crippen molar-refractivity contribution in [2.45, 2.75) is 37.5 Å². The highest BCUT2D eigenvalue weighted by Gasteiger charge is 2.29. The molecule has 0 aromatic heterocycles. The molecule has 2 N–H and O–H groups in total. The van der Waals surface area contributed by atoms with Crippen LogP contribution in [0, 0.1) is 17.8 Å². The Kier molecular flexibility index (Phi) is 7.62. The van der Waals surface area contributed by atoms with Gasteiger partial charge < -0.3 is 15.2 Å². The minimum Gasteiger partial charge on any atom is -0.496 e. The van der Waals surface area contributed by atoms with Crippen LogP contribution >= 0.6 is 11.8 Å². The summed E-state index contributed by atoms with van der Waals surface area (Å²) in [7, 11) is 1.67. The van der Waals surface area contributed by atoms with Crippen molar-refractivity contribution in [2.75, 3.05) is 19.4 Å². The van der Waals surface area contributed by atoms with Crippen LogP contribution in [-0.4, -0.2) is 36.4 Å². The Morgan fingerprint density at radius 3 is 2.52 bits per heavy atom. The Labute approximate surface area is 153 Å². The molecule has 1 aromatic carbocycles. The zero-order chi connectivity index (χ0) is 18.2. The molecule has 0 radical (unpaired) electrons. The fraction of sp³-hybridized carbons (Fsp3) is 0.579. The van der Waals surface area contributed by atoms with Crippen molar-refractivity contribution in [3.63, 3.8) is 0 Å². The summed E-state index contributed by atoms with van der Waals surface area (Å²) >= 11 is 1.73. The maximum atomic E-state index is 12.3. The van der Waals surface area contributed by atoms with Crippen molar-refractivity contribution in [3.05, 3.63) is 24.3 Å². The second kappa shape index (κ2) is 9.70. The molecule has 0 saturated heterocycles. The van der Waals surface area contributed by atoms with Crippen LogP contribution < -0.4 is 10.1 Å². The van der Waals surface area contributed by atoms with Gasteiger partial charge in [0.05, 0.1) is 13.0 Å². The molecule has 0 aliphatic heterocycles. The van der Waals surface area contributed by atoms with E-state index in [0.717, 1.165) is 16.4 Å².